The van der Waals surface area contributed by atoms with E-state index in [2.05, 4.69) is 0 Å². The van der Waals surface area contributed by atoms with Crippen LogP contribution in [0.1, 0.15) is 80.1 Å². The molecule has 0 amide bonds. The van der Waals surface area contributed by atoms with E-state index < -0.39 is 0 Å². The van der Waals surface area contributed by atoms with Crippen molar-refractivity contribution >= 4 is 11.6 Å². The molecule has 0 aliphatic heterocycles. The third-order valence-corrected chi connectivity index (χ3v) is 1.65. The normalized spacial score (nSPS) is 7.62. The zero-order valence-electron chi connectivity index (χ0n) is 14.9. The van der Waals surface area contributed by atoms with E-state index >= 15 is 0 Å². The second-order valence-corrected chi connectivity index (χ2v) is 4.35. The first kappa shape index (κ1) is 32.8. The van der Waals surface area contributed by atoms with Crippen molar-refractivity contribution in [3.8, 4) is 0 Å². The Morgan fingerprint density at radius 2 is 0.857 bits per heavy atom. The fourth-order valence-corrected chi connectivity index (χ4v) is 0.704. The monoisotopic (exact) mass is 340 g/mol. The zero-order chi connectivity index (χ0) is 16.8. The molecule has 0 fully saturated rings. The van der Waals surface area contributed by atoms with Gasteiger partial charge in [0.25, 0.3) is 0 Å². The van der Waals surface area contributed by atoms with Crippen molar-refractivity contribution < 1.29 is 41.5 Å². The van der Waals surface area contributed by atoms with E-state index in [0.29, 0.717) is 13.2 Å². The number of hydrogen-bond donors (Lipinski definition) is 2. The van der Waals surface area contributed by atoms with Crippen LogP contribution in [0.4, 0.5) is 0 Å². The molecule has 0 saturated heterocycles. The molecule has 0 radical (unpaired) electrons. The number of Topliss-reactive ketones (excluding diaryl/α,β-unsaturated/α-hetero) is 2. The van der Waals surface area contributed by atoms with Crippen molar-refractivity contribution in [2.24, 2.45) is 0 Å². The number of ketones is 2. The molecular formula is C16H36O4Ti. The van der Waals surface area contributed by atoms with Gasteiger partial charge in [0, 0.05) is 47.8 Å². The third-order valence-electron chi connectivity index (χ3n) is 1.65. The van der Waals surface area contributed by atoms with Gasteiger partial charge in [-0.15, -0.1) is 0 Å². The van der Waals surface area contributed by atoms with Crippen molar-refractivity contribution in [2.75, 3.05) is 13.2 Å². The first-order valence-electron chi connectivity index (χ1n) is 7.58. The van der Waals surface area contributed by atoms with Crippen molar-refractivity contribution in [1.82, 2.24) is 0 Å². The quantitative estimate of drug-likeness (QED) is 0.726. The summed E-state index contributed by atoms with van der Waals surface area (Å²) >= 11 is 0. The van der Waals surface area contributed by atoms with Crippen LogP contribution in [0.5, 0.6) is 0 Å². The molecule has 0 aromatic carbocycles. The van der Waals surface area contributed by atoms with Gasteiger partial charge in [-0.05, 0) is 39.5 Å². The van der Waals surface area contributed by atoms with Gasteiger partial charge in [-0.1, -0.05) is 27.7 Å². The minimum atomic E-state index is 0. The largest absolute Gasteiger partial charge is 0.396 e. The molecule has 0 aliphatic rings. The fourth-order valence-electron chi connectivity index (χ4n) is 0.704. The topological polar surface area (TPSA) is 74.6 Å². The van der Waals surface area contributed by atoms with E-state index in [0.717, 1.165) is 38.5 Å². The minimum absolute atomic E-state index is 0. The Hall–Kier alpha value is -0.0257. The molecule has 0 atom stereocenters. The van der Waals surface area contributed by atoms with Crippen LogP contribution in [0.15, 0.2) is 0 Å². The number of hydrogen-bond acceptors (Lipinski definition) is 4. The Morgan fingerprint density at radius 3 is 0.857 bits per heavy atom. The number of rotatable bonds is 6. The molecule has 5 heteroatoms. The fraction of sp³-hybridized carbons (Fsp3) is 0.875. The number of carbonyl (C=O) groups is 2. The predicted molar refractivity (Wildman–Crippen MR) is 85.9 cm³/mol. The number of aliphatic hydroxyl groups is 2. The van der Waals surface area contributed by atoms with E-state index in [-0.39, 0.29) is 33.3 Å². The first-order valence-corrected chi connectivity index (χ1v) is 7.58. The van der Waals surface area contributed by atoms with Crippen molar-refractivity contribution in [3.05, 3.63) is 0 Å². The Labute approximate surface area is 146 Å². The van der Waals surface area contributed by atoms with E-state index in [4.69, 9.17) is 10.2 Å². The van der Waals surface area contributed by atoms with Crippen LogP contribution in [0.2, 0.25) is 0 Å². The Morgan fingerprint density at radius 1 is 0.667 bits per heavy atom. The molecule has 21 heavy (non-hydrogen) atoms. The summed E-state index contributed by atoms with van der Waals surface area (Å²) in [6.45, 7) is 11.7. The van der Waals surface area contributed by atoms with Crippen LogP contribution < -0.4 is 0 Å². The van der Waals surface area contributed by atoms with Gasteiger partial charge in [0.15, 0.2) is 0 Å². The first-order chi connectivity index (χ1) is 9.37. The standard InChI is InChI=1S/2C5H10O.2C3H8O.Ti/c2*1-3-4-5(2)6;2*1-2-3-4;/h2*3-4H2,1-2H3;2*4H,2-3H2,1H3;. The van der Waals surface area contributed by atoms with Crippen LogP contribution in [0.25, 0.3) is 0 Å². The summed E-state index contributed by atoms with van der Waals surface area (Å²) in [6, 6.07) is 0. The summed E-state index contributed by atoms with van der Waals surface area (Å²) < 4.78 is 0. The maximum atomic E-state index is 10.0. The minimum Gasteiger partial charge on any atom is -0.396 e. The second kappa shape index (κ2) is 36.8. The summed E-state index contributed by atoms with van der Waals surface area (Å²) in [5, 5.41) is 15.8. The molecule has 0 bridgehead atoms. The predicted octanol–water partition coefficient (Wildman–Crippen LogP) is 3.53. The smallest absolute Gasteiger partial charge is 0.129 e. The molecule has 0 unspecified atom stereocenters. The van der Waals surface area contributed by atoms with Crippen LogP contribution in [0.3, 0.4) is 0 Å². The molecule has 0 aromatic rings. The van der Waals surface area contributed by atoms with Gasteiger partial charge in [0.05, 0.1) is 0 Å². The van der Waals surface area contributed by atoms with Gasteiger partial charge in [-0.2, -0.15) is 0 Å². The molecule has 0 aromatic heterocycles. The van der Waals surface area contributed by atoms with Gasteiger partial charge >= 0.3 is 0 Å². The van der Waals surface area contributed by atoms with Crippen LogP contribution >= 0.6 is 0 Å². The SMILES string of the molecule is CCCC(C)=O.CCCC(C)=O.CCCO.CCCO.[Ti]. The molecule has 2 N–H and O–H groups in total. The molecule has 0 saturated carbocycles. The molecule has 0 aliphatic carbocycles. The van der Waals surface area contributed by atoms with Gasteiger partial charge in [-0.25, -0.2) is 0 Å². The average molecular weight is 340 g/mol. The number of carbonyl (C=O) groups excluding carboxylic acids is 2. The Bertz CT molecular complexity index is 161. The molecule has 0 spiro atoms. The molecular weight excluding hydrogens is 304 g/mol. The van der Waals surface area contributed by atoms with Crippen LogP contribution in [-0.2, 0) is 31.3 Å². The average Bonchev–Trinajstić information content (AvgIpc) is 2.39. The van der Waals surface area contributed by atoms with Crippen molar-refractivity contribution in [3.63, 3.8) is 0 Å². The van der Waals surface area contributed by atoms with Crippen LogP contribution in [-0.4, -0.2) is 35.0 Å². The van der Waals surface area contributed by atoms with Crippen molar-refractivity contribution in [2.45, 2.75) is 80.1 Å². The molecule has 0 rings (SSSR count). The maximum Gasteiger partial charge on any atom is 0.129 e. The summed E-state index contributed by atoms with van der Waals surface area (Å²) in [6.07, 6.45) is 5.19. The maximum absolute atomic E-state index is 10.0. The third kappa shape index (κ3) is 101. The van der Waals surface area contributed by atoms with Gasteiger partial charge in [0.2, 0.25) is 0 Å². The Balaban J connectivity index is -0.0000000544. The van der Waals surface area contributed by atoms with Gasteiger partial charge in [-0.3, -0.25) is 0 Å². The van der Waals surface area contributed by atoms with Crippen molar-refractivity contribution in [1.29, 1.82) is 0 Å². The summed E-state index contributed by atoms with van der Waals surface area (Å²) in [5.41, 5.74) is 0. The summed E-state index contributed by atoms with van der Waals surface area (Å²) in [7, 11) is 0. The second-order valence-electron chi connectivity index (χ2n) is 4.35. The van der Waals surface area contributed by atoms with E-state index in [9.17, 15) is 9.59 Å². The summed E-state index contributed by atoms with van der Waals surface area (Å²) in [5.74, 6) is 0.579. The molecule has 128 valence electrons. The zero-order valence-corrected chi connectivity index (χ0v) is 16.4. The Kier molecular flexibility index (Phi) is 57.5. The van der Waals surface area contributed by atoms with Gasteiger partial charge in [0.1, 0.15) is 11.6 Å². The molecule has 4 nitrogen and oxygen atoms in total. The number of aliphatic hydroxyl groups excluding tert-OH is 2. The molecule has 0 heterocycles. The summed E-state index contributed by atoms with van der Waals surface area (Å²) in [4.78, 5) is 20.1. The van der Waals surface area contributed by atoms with E-state index in [1.54, 1.807) is 13.8 Å². The van der Waals surface area contributed by atoms with Crippen LogP contribution in [0, 0.1) is 0 Å². The van der Waals surface area contributed by atoms with Gasteiger partial charge < -0.3 is 19.8 Å². The van der Waals surface area contributed by atoms with E-state index in [1.807, 2.05) is 27.7 Å². The van der Waals surface area contributed by atoms with E-state index in [1.165, 1.54) is 0 Å².